The van der Waals surface area contributed by atoms with Crippen LogP contribution >= 0.6 is 0 Å². The first-order chi connectivity index (χ1) is 9.63. The average Bonchev–Trinajstić information content (AvgIpc) is 2.39. The van der Waals surface area contributed by atoms with Gasteiger partial charge in [-0.05, 0) is 37.4 Å². The lowest BCUT2D eigenvalue weighted by Crippen LogP contribution is -2.44. The van der Waals surface area contributed by atoms with Crippen molar-refractivity contribution >= 4 is 17.6 Å². The average molecular weight is 275 g/mol. The Kier molecular flexibility index (Phi) is 5.12. The molecule has 0 aromatic heterocycles. The van der Waals surface area contributed by atoms with Crippen LogP contribution in [0.3, 0.4) is 0 Å². The Morgan fingerprint density at radius 1 is 1.30 bits per heavy atom. The van der Waals surface area contributed by atoms with Crippen molar-refractivity contribution in [3.05, 3.63) is 30.3 Å². The number of carbonyl (C=O) groups is 2. The predicted molar refractivity (Wildman–Crippen MR) is 78.4 cm³/mol. The topological polar surface area (TPSA) is 61.4 Å². The first-order valence-corrected chi connectivity index (χ1v) is 7.02. The fourth-order valence-corrected chi connectivity index (χ4v) is 2.48. The molecule has 0 bridgehead atoms. The SMILES string of the molecule is CC1CCCN(CC(=O)NC(=O)Nc2ccccc2)C1. The molecule has 108 valence electrons. The Morgan fingerprint density at radius 3 is 2.75 bits per heavy atom. The molecule has 1 aromatic rings. The molecule has 1 fully saturated rings. The number of carbonyl (C=O) groups excluding carboxylic acids is 2. The molecule has 1 saturated heterocycles. The van der Waals surface area contributed by atoms with E-state index in [2.05, 4.69) is 22.5 Å². The first kappa shape index (κ1) is 14.5. The van der Waals surface area contributed by atoms with E-state index in [1.54, 1.807) is 12.1 Å². The Hall–Kier alpha value is -1.88. The zero-order chi connectivity index (χ0) is 14.4. The molecule has 2 rings (SSSR count). The maximum Gasteiger partial charge on any atom is 0.325 e. The third-order valence-electron chi connectivity index (χ3n) is 3.39. The molecule has 0 saturated carbocycles. The molecule has 20 heavy (non-hydrogen) atoms. The van der Waals surface area contributed by atoms with Gasteiger partial charge in [0.25, 0.3) is 0 Å². The maximum absolute atomic E-state index is 11.8. The highest BCUT2D eigenvalue weighted by molar-refractivity contribution is 6.01. The maximum atomic E-state index is 11.8. The van der Waals surface area contributed by atoms with E-state index in [1.165, 1.54) is 6.42 Å². The summed E-state index contributed by atoms with van der Waals surface area (Å²) in [5, 5.41) is 4.99. The Morgan fingerprint density at radius 2 is 2.05 bits per heavy atom. The summed E-state index contributed by atoms with van der Waals surface area (Å²) < 4.78 is 0. The number of likely N-dealkylation sites (tertiary alicyclic amines) is 1. The summed E-state index contributed by atoms with van der Waals surface area (Å²) in [7, 11) is 0. The number of nitrogens with zero attached hydrogens (tertiary/aromatic N) is 1. The molecule has 5 nitrogen and oxygen atoms in total. The van der Waals surface area contributed by atoms with E-state index in [1.807, 2.05) is 18.2 Å². The van der Waals surface area contributed by atoms with Crippen molar-refractivity contribution in [1.29, 1.82) is 0 Å². The molecule has 0 aliphatic carbocycles. The van der Waals surface area contributed by atoms with Crippen LogP contribution in [0, 0.1) is 5.92 Å². The number of piperidine rings is 1. The van der Waals surface area contributed by atoms with Gasteiger partial charge in [-0.15, -0.1) is 0 Å². The van der Waals surface area contributed by atoms with Gasteiger partial charge >= 0.3 is 6.03 Å². The number of hydrogen-bond acceptors (Lipinski definition) is 3. The van der Waals surface area contributed by atoms with Gasteiger partial charge in [0, 0.05) is 12.2 Å². The minimum absolute atomic E-state index is 0.257. The molecule has 1 atom stereocenters. The standard InChI is InChI=1S/C15H21N3O2/c1-12-6-5-9-18(10-12)11-14(19)17-15(20)16-13-7-3-2-4-8-13/h2-4,7-8,12H,5-6,9-11H2,1H3,(H2,16,17,19,20). The van der Waals surface area contributed by atoms with Gasteiger partial charge in [-0.2, -0.15) is 0 Å². The second-order valence-electron chi connectivity index (χ2n) is 5.35. The number of benzene rings is 1. The Bertz CT molecular complexity index is 461. The van der Waals surface area contributed by atoms with Gasteiger partial charge in [0.2, 0.25) is 5.91 Å². The summed E-state index contributed by atoms with van der Waals surface area (Å²) >= 11 is 0. The fourth-order valence-electron chi connectivity index (χ4n) is 2.48. The largest absolute Gasteiger partial charge is 0.325 e. The van der Waals surface area contributed by atoms with Gasteiger partial charge in [-0.3, -0.25) is 15.0 Å². The van der Waals surface area contributed by atoms with E-state index in [4.69, 9.17) is 0 Å². The summed E-state index contributed by atoms with van der Waals surface area (Å²) in [6.45, 7) is 4.32. The first-order valence-electron chi connectivity index (χ1n) is 7.02. The van der Waals surface area contributed by atoms with Crippen LogP contribution < -0.4 is 10.6 Å². The molecule has 1 aliphatic rings. The second kappa shape index (κ2) is 7.05. The number of para-hydroxylation sites is 1. The molecule has 1 aliphatic heterocycles. The van der Waals surface area contributed by atoms with Crippen LogP contribution in [-0.2, 0) is 4.79 Å². The lowest BCUT2D eigenvalue weighted by Gasteiger charge is -2.29. The quantitative estimate of drug-likeness (QED) is 0.887. The molecular formula is C15H21N3O2. The van der Waals surface area contributed by atoms with Crippen LogP contribution in [0.15, 0.2) is 30.3 Å². The zero-order valence-corrected chi connectivity index (χ0v) is 11.8. The van der Waals surface area contributed by atoms with Crippen molar-refractivity contribution in [3.63, 3.8) is 0 Å². The number of hydrogen-bond donors (Lipinski definition) is 2. The van der Waals surface area contributed by atoms with Crippen LogP contribution in [0.25, 0.3) is 0 Å². The molecule has 2 N–H and O–H groups in total. The highest BCUT2D eigenvalue weighted by atomic mass is 16.2. The zero-order valence-electron chi connectivity index (χ0n) is 11.8. The van der Waals surface area contributed by atoms with Crippen LogP contribution in [0.1, 0.15) is 19.8 Å². The smallest absolute Gasteiger partial charge is 0.308 e. The minimum atomic E-state index is -0.480. The van der Waals surface area contributed by atoms with Gasteiger partial charge in [0.05, 0.1) is 6.54 Å². The molecule has 5 heteroatoms. The Labute approximate surface area is 119 Å². The van der Waals surface area contributed by atoms with E-state index < -0.39 is 6.03 Å². The molecule has 0 spiro atoms. The number of nitrogens with one attached hydrogen (secondary N) is 2. The summed E-state index contributed by atoms with van der Waals surface area (Å²) in [6.07, 6.45) is 2.33. The summed E-state index contributed by atoms with van der Waals surface area (Å²) in [6, 6.07) is 8.59. The van der Waals surface area contributed by atoms with Gasteiger partial charge in [0.15, 0.2) is 0 Å². The van der Waals surface area contributed by atoms with Crippen molar-refractivity contribution in [3.8, 4) is 0 Å². The molecule has 1 heterocycles. The molecule has 1 aromatic carbocycles. The normalized spacial score (nSPS) is 19.4. The Balaban J connectivity index is 1.75. The summed E-state index contributed by atoms with van der Waals surface area (Å²) in [5.41, 5.74) is 0.671. The van der Waals surface area contributed by atoms with Gasteiger partial charge in [0.1, 0.15) is 0 Å². The number of urea groups is 1. The molecular weight excluding hydrogens is 254 g/mol. The second-order valence-corrected chi connectivity index (χ2v) is 5.35. The highest BCUT2D eigenvalue weighted by Gasteiger charge is 2.19. The van der Waals surface area contributed by atoms with Crippen molar-refractivity contribution in [2.24, 2.45) is 5.92 Å². The minimum Gasteiger partial charge on any atom is -0.308 e. The van der Waals surface area contributed by atoms with Crippen LogP contribution in [0.4, 0.5) is 10.5 Å². The van der Waals surface area contributed by atoms with E-state index in [9.17, 15) is 9.59 Å². The van der Waals surface area contributed by atoms with Crippen molar-refractivity contribution in [2.75, 3.05) is 25.0 Å². The van der Waals surface area contributed by atoms with Crippen molar-refractivity contribution in [1.82, 2.24) is 10.2 Å². The number of rotatable bonds is 3. The van der Waals surface area contributed by atoms with Gasteiger partial charge in [-0.1, -0.05) is 25.1 Å². The van der Waals surface area contributed by atoms with Crippen molar-refractivity contribution in [2.45, 2.75) is 19.8 Å². The number of imide groups is 1. The van der Waals surface area contributed by atoms with E-state index in [-0.39, 0.29) is 12.5 Å². The van der Waals surface area contributed by atoms with Gasteiger partial charge in [-0.25, -0.2) is 4.79 Å². The summed E-state index contributed by atoms with van der Waals surface area (Å²) in [4.78, 5) is 25.6. The van der Waals surface area contributed by atoms with Crippen LogP contribution in [0.2, 0.25) is 0 Å². The lowest BCUT2D eigenvalue weighted by molar-refractivity contribution is -0.121. The van der Waals surface area contributed by atoms with E-state index in [0.717, 1.165) is 19.5 Å². The molecule has 0 radical (unpaired) electrons. The number of amides is 3. The monoisotopic (exact) mass is 275 g/mol. The molecule has 3 amide bonds. The fraction of sp³-hybridized carbons (Fsp3) is 0.467. The van der Waals surface area contributed by atoms with E-state index >= 15 is 0 Å². The molecule has 1 unspecified atom stereocenters. The predicted octanol–water partition coefficient (Wildman–Crippen LogP) is 2.07. The third kappa shape index (κ3) is 4.66. The van der Waals surface area contributed by atoms with E-state index in [0.29, 0.717) is 11.6 Å². The third-order valence-corrected chi connectivity index (χ3v) is 3.39. The number of anilines is 1. The lowest BCUT2D eigenvalue weighted by atomic mass is 10.0. The highest BCUT2D eigenvalue weighted by Crippen LogP contribution is 2.14. The van der Waals surface area contributed by atoms with Crippen molar-refractivity contribution < 1.29 is 9.59 Å². The van der Waals surface area contributed by atoms with Gasteiger partial charge < -0.3 is 5.32 Å². The van der Waals surface area contributed by atoms with Crippen LogP contribution in [-0.4, -0.2) is 36.5 Å². The summed E-state index contributed by atoms with van der Waals surface area (Å²) in [5.74, 6) is 0.363. The van der Waals surface area contributed by atoms with Crippen LogP contribution in [0.5, 0.6) is 0 Å².